The van der Waals surface area contributed by atoms with Crippen LogP contribution in [0.2, 0.25) is 10.0 Å². The summed E-state index contributed by atoms with van der Waals surface area (Å²) in [5.74, 6) is 0.119. The maximum Gasteiger partial charge on any atom is 0.157 e. The van der Waals surface area contributed by atoms with Crippen molar-refractivity contribution in [3.63, 3.8) is 0 Å². The van der Waals surface area contributed by atoms with Crippen LogP contribution in [0.5, 0.6) is 5.75 Å². The van der Waals surface area contributed by atoms with Gasteiger partial charge in [0.1, 0.15) is 0 Å². The summed E-state index contributed by atoms with van der Waals surface area (Å²) in [6, 6.07) is 1.78. The average molecular weight is 431 g/mol. The second kappa shape index (κ2) is 16.2. The van der Waals surface area contributed by atoms with Crippen molar-refractivity contribution < 1.29 is 5.11 Å². The van der Waals surface area contributed by atoms with Gasteiger partial charge in [0.15, 0.2) is 5.75 Å². The first-order valence-corrected chi connectivity index (χ1v) is 12.3. The van der Waals surface area contributed by atoms with Gasteiger partial charge in [-0.05, 0) is 24.5 Å². The molecule has 1 aromatic carbocycles. The third-order valence-corrected chi connectivity index (χ3v) is 6.23. The number of benzene rings is 1. The van der Waals surface area contributed by atoms with E-state index in [4.69, 9.17) is 23.2 Å². The fourth-order valence-corrected chi connectivity index (χ4v) is 4.37. The zero-order chi connectivity index (χ0) is 20.6. The molecule has 0 heterocycles. The fraction of sp³-hybridized carbons (Fsp3) is 0.750. The van der Waals surface area contributed by atoms with E-state index in [9.17, 15) is 5.11 Å². The normalized spacial score (nSPS) is 11.1. The molecule has 4 heteroatoms. The highest BCUT2D eigenvalue weighted by Crippen LogP contribution is 2.39. The molecule has 0 aliphatic carbocycles. The molecule has 0 aromatic heterocycles. The van der Waals surface area contributed by atoms with Crippen LogP contribution in [-0.2, 0) is 6.42 Å². The number of phenolic OH excluding ortho intramolecular Hbond substituents is 1. The van der Waals surface area contributed by atoms with E-state index in [0.29, 0.717) is 22.2 Å². The highest BCUT2D eigenvalue weighted by atomic mass is 35.5. The van der Waals surface area contributed by atoms with Crippen LogP contribution in [0.25, 0.3) is 0 Å². The zero-order valence-corrected chi connectivity index (χ0v) is 19.6. The van der Waals surface area contributed by atoms with Crippen LogP contribution >= 0.6 is 23.2 Å². The first kappa shape index (κ1) is 25.4. The number of unbranched alkanes of at least 4 members (excludes halogenated alkanes) is 13. The molecule has 1 rings (SSSR count). The van der Waals surface area contributed by atoms with Crippen molar-refractivity contribution in [1.82, 2.24) is 0 Å². The van der Waals surface area contributed by atoms with E-state index in [1.54, 1.807) is 6.07 Å². The van der Waals surface area contributed by atoms with Crippen molar-refractivity contribution in [2.24, 2.45) is 0 Å². The predicted molar refractivity (Wildman–Crippen MR) is 126 cm³/mol. The van der Waals surface area contributed by atoms with Gasteiger partial charge in [-0.1, -0.05) is 121 Å². The van der Waals surface area contributed by atoms with Gasteiger partial charge >= 0.3 is 0 Å². The van der Waals surface area contributed by atoms with E-state index in [2.05, 4.69) is 12.2 Å². The molecule has 0 unspecified atom stereocenters. The van der Waals surface area contributed by atoms with Crippen molar-refractivity contribution in [1.29, 1.82) is 0 Å². The van der Waals surface area contributed by atoms with Crippen LogP contribution in [0.1, 0.15) is 109 Å². The quantitative estimate of drug-likeness (QED) is 0.191. The molecule has 1 aromatic rings. The van der Waals surface area contributed by atoms with Crippen LogP contribution in [0.15, 0.2) is 6.07 Å². The molecular formula is C24H41Cl2NO. The molecule has 0 atom stereocenters. The topological polar surface area (TPSA) is 32.3 Å². The summed E-state index contributed by atoms with van der Waals surface area (Å²) in [5.41, 5.74) is 1.45. The monoisotopic (exact) mass is 429 g/mol. The largest absolute Gasteiger partial charge is 0.504 e. The van der Waals surface area contributed by atoms with Crippen molar-refractivity contribution in [2.75, 3.05) is 11.9 Å². The Balaban J connectivity index is 1.99. The Hall–Kier alpha value is -0.600. The molecule has 0 spiro atoms. The van der Waals surface area contributed by atoms with Crippen LogP contribution in [0.4, 0.5) is 5.69 Å². The highest BCUT2D eigenvalue weighted by molar-refractivity contribution is 6.37. The van der Waals surface area contributed by atoms with Crippen molar-refractivity contribution >= 4 is 28.9 Å². The van der Waals surface area contributed by atoms with E-state index >= 15 is 0 Å². The smallest absolute Gasteiger partial charge is 0.157 e. The summed E-state index contributed by atoms with van der Waals surface area (Å²) >= 11 is 12.4. The van der Waals surface area contributed by atoms with Gasteiger partial charge in [-0.15, -0.1) is 0 Å². The van der Waals surface area contributed by atoms with Crippen molar-refractivity contribution in [3.05, 3.63) is 21.7 Å². The molecule has 0 amide bonds. The molecule has 0 bridgehead atoms. The Kier molecular flexibility index (Phi) is 14.7. The molecule has 28 heavy (non-hydrogen) atoms. The summed E-state index contributed by atoms with van der Waals surface area (Å²) in [7, 11) is 0. The fourth-order valence-electron chi connectivity index (χ4n) is 3.65. The van der Waals surface area contributed by atoms with Crippen LogP contribution in [0.3, 0.4) is 0 Å². The van der Waals surface area contributed by atoms with Gasteiger partial charge in [0.05, 0.1) is 10.7 Å². The molecule has 0 fully saturated rings. The molecule has 2 N–H and O–H groups in total. The Morgan fingerprint density at radius 2 is 1.21 bits per heavy atom. The Bertz CT molecular complexity index is 534. The predicted octanol–water partition coefficient (Wildman–Crippen LogP) is 9.15. The van der Waals surface area contributed by atoms with Crippen LogP contribution in [-0.4, -0.2) is 11.7 Å². The summed E-state index contributed by atoms with van der Waals surface area (Å²) in [5, 5.41) is 14.5. The SMILES string of the molecule is CCCCCCCCCCCCCCCCNc1cc(Cl)c(CC)c(Cl)c1O. The van der Waals surface area contributed by atoms with E-state index in [1.165, 1.54) is 83.5 Å². The standard InChI is InChI=1S/C24H41Cl2NO/c1-3-5-6-7-8-9-10-11-12-13-14-15-16-17-18-27-22-19-21(25)20(4-2)23(26)24(22)28/h19,27-28H,3-18H2,1-2H3. The maximum absolute atomic E-state index is 10.2. The lowest BCUT2D eigenvalue weighted by atomic mass is 10.0. The number of aromatic hydroxyl groups is 1. The van der Waals surface area contributed by atoms with Gasteiger partial charge < -0.3 is 10.4 Å². The van der Waals surface area contributed by atoms with E-state index in [0.717, 1.165) is 18.5 Å². The van der Waals surface area contributed by atoms with Crippen molar-refractivity contribution in [2.45, 2.75) is 110 Å². The maximum atomic E-state index is 10.2. The summed E-state index contributed by atoms with van der Waals surface area (Å²) in [6.07, 6.45) is 19.7. The van der Waals surface area contributed by atoms with Gasteiger partial charge in [-0.2, -0.15) is 0 Å². The molecule has 0 saturated carbocycles. The molecular weight excluding hydrogens is 389 g/mol. The van der Waals surface area contributed by atoms with Crippen LogP contribution < -0.4 is 5.32 Å². The van der Waals surface area contributed by atoms with Gasteiger partial charge in [0, 0.05) is 11.6 Å². The van der Waals surface area contributed by atoms with Gasteiger partial charge in [-0.25, -0.2) is 0 Å². The van der Waals surface area contributed by atoms with Gasteiger partial charge in [0.25, 0.3) is 0 Å². The minimum absolute atomic E-state index is 0.119. The number of rotatable bonds is 17. The molecule has 0 aliphatic heterocycles. The number of anilines is 1. The summed E-state index contributed by atoms with van der Waals surface area (Å²) in [6.45, 7) is 5.09. The highest BCUT2D eigenvalue weighted by Gasteiger charge is 2.13. The van der Waals surface area contributed by atoms with Gasteiger partial charge in [-0.3, -0.25) is 0 Å². The lowest BCUT2D eigenvalue weighted by molar-refractivity contribution is 0.476. The second-order valence-corrected chi connectivity index (χ2v) is 8.71. The van der Waals surface area contributed by atoms with E-state index < -0.39 is 0 Å². The van der Waals surface area contributed by atoms with E-state index in [1.807, 2.05) is 6.92 Å². The Labute approximate surface area is 183 Å². The Morgan fingerprint density at radius 3 is 1.68 bits per heavy atom. The number of nitrogens with one attached hydrogen (secondary N) is 1. The number of phenols is 1. The van der Waals surface area contributed by atoms with Crippen LogP contribution in [0, 0.1) is 0 Å². The average Bonchev–Trinajstić information content (AvgIpc) is 2.69. The minimum atomic E-state index is 0.119. The molecule has 0 saturated heterocycles. The number of hydrogen-bond donors (Lipinski definition) is 2. The molecule has 162 valence electrons. The summed E-state index contributed by atoms with van der Waals surface area (Å²) in [4.78, 5) is 0. The number of halogens is 2. The Morgan fingerprint density at radius 1 is 0.750 bits per heavy atom. The summed E-state index contributed by atoms with van der Waals surface area (Å²) < 4.78 is 0. The number of hydrogen-bond acceptors (Lipinski definition) is 2. The van der Waals surface area contributed by atoms with E-state index in [-0.39, 0.29) is 5.75 Å². The lowest BCUT2D eigenvalue weighted by Crippen LogP contribution is -2.02. The molecule has 2 nitrogen and oxygen atoms in total. The zero-order valence-electron chi connectivity index (χ0n) is 18.1. The second-order valence-electron chi connectivity index (χ2n) is 7.92. The van der Waals surface area contributed by atoms with Crippen molar-refractivity contribution in [3.8, 4) is 5.75 Å². The molecule has 0 aliphatic rings. The molecule has 0 radical (unpaired) electrons. The first-order chi connectivity index (χ1) is 13.6. The third kappa shape index (κ3) is 10.3. The minimum Gasteiger partial charge on any atom is -0.504 e. The first-order valence-electron chi connectivity index (χ1n) is 11.6. The third-order valence-electron chi connectivity index (χ3n) is 5.49. The van der Waals surface area contributed by atoms with Gasteiger partial charge in [0.2, 0.25) is 0 Å². The lowest BCUT2D eigenvalue weighted by Gasteiger charge is -2.13.